The molecule has 0 aliphatic carbocycles. The second-order valence-electron chi connectivity index (χ2n) is 6.04. The molecule has 2 aromatic rings. The summed E-state index contributed by atoms with van der Waals surface area (Å²) in [5.74, 6) is -2.25. The summed E-state index contributed by atoms with van der Waals surface area (Å²) in [4.78, 5) is 23.6. The molecule has 0 saturated carbocycles. The van der Waals surface area contributed by atoms with Gasteiger partial charge in [0.05, 0.1) is 12.5 Å². The van der Waals surface area contributed by atoms with E-state index in [0.29, 0.717) is 18.6 Å². The molecular formula is C20H22FNO4. The maximum absolute atomic E-state index is 13.0. The fraction of sp³-hybridized carbons (Fsp3) is 0.300. The molecule has 2 rings (SSSR count). The lowest BCUT2D eigenvalue weighted by atomic mass is 9.98. The van der Waals surface area contributed by atoms with Crippen molar-refractivity contribution in [1.82, 2.24) is 5.32 Å². The van der Waals surface area contributed by atoms with Gasteiger partial charge in [0.1, 0.15) is 11.6 Å². The van der Waals surface area contributed by atoms with Crippen molar-refractivity contribution in [3.05, 3.63) is 66.0 Å². The van der Waals surface area contributed by atoms with Crippen molar-refractivity contribution >= 4 is 11.9 Å². The van der Waals surface area contributed by atoms with Gasteiger partial charge < -0.3 is 15.2 Å². The lowest BCUT2D eigenvalue weighted by molar-refractivity contribution is -0.138. The molecule has 2 unspecified atom stereocenters. The SMILES string of the molecule is CC(CCOc1ccccc1)C(=O)NCC(C(=O)O)c1ccc(F)cc1. The number of carboxylic acids is 1. The van der Waals surface area contributed by atoms with Crippen LogP contribution in [0.1, 0.15) is 24.8 Å². The molecule has 0 fully saturated rings. The van der Waals surface area contributed by atoms with E-state index in [1.165, 1.54) is 24.3 Å². The Kier molecular flexibility index (Phi) is 7.14. The van der Waals surface area contributed by atoms with Crippen LogP contribution in [0.15, 0.2) is 54.6 Å². The zero-order valence-electron chi connectivity index (χ0n) is 14.5. The van der Waals surface area contributed by atoms with Gasteiger partial charge in [0.25, 0.3) is 0 Å². The summed E-state index contributed by atoms with van der Waals surface area (Å²) in [5, 5.41) is 12.0. The Labute approximate surface area is 151 Å². The standard InChI is InChI=1S/C20H22FNO4/c1-14(11-12-26-17-5-3-2-4-6-17)19(23)22-13-18(20(24)25)15-7-9-16(21)10-8-15/h2-10,14,18H,11-13H2,1H3,(H,22,23)(H,24,25). The van der Waals surface area contributed by atoms with Crippen molar-refractivity contribution in [2.75, 3.05) is 13.2 Å². The molecule has 0 aliphatic rings. The number of aliphatic carboxylic acids is 1. The fourth-order valence-electron chi connectivity index (χ4n) is 2.42. The second-order valence-corrected chi connectivity index (χ2v) is 6.04. The van der Waals surface area contributed by atoms with E-state index in [1.807, 2.05) is 30.3 Å². The topological polar surface area (TPSA) is 75.6 Å². The molecule has 5 nitrogen and oxygen atoms in total. The predicted molar refractivity (Wildman–Crippen MR) is 95.5 cm³/mol. The van der Waals surface area contributed by atoms with Crippen molar-refractivity contribution in [3.63, 3.8) is 0 Å². The molecule has 2 aromatic carbocycles. The van der Waals surface area contributed by atoms with E-state index in [1.54, 1.807) is 6.92 Å². The van der Waals surface area contributed by atoms with E-state index in [2.05, 4.69) is 5.32 Å². The number of carboxylic acid groups (broad SMARTS) is 1. The highest BCUT2D eigenvalue weighted by Crippen LogP contribution is 2.16. The number of carbonyl (C=O) groups excluding carboxylic acids is 1. The smallest absolute Gasteiger partial charge is 0.312 e. The van der Waals surface area contributed by atoms with Crippen LogP contribution in [0.25, 0.3) is 0 Å². The summed E-state index contributed by atoms with van der Waals surface area (Å²) in [6, 6.07) is 14.5. The van der Waals surface area contributed by atoms with Crippen molar-refractivity contribution in [2.45, 2.75) is 19.3 Å². The number of ether oxygens (including phenoxy) is 1. The van der Waals surface area contributed by atoms with Gasteiger partial charge in [0.2, 0.25) is 5.91 Å². The Morgan fingerprint density at radius 1 is 1.12 bits per heavy atom. The maximum atomic E-state index is 13.0. The first kappa shape index (κ1) is 19.4. The number of nitrogens with one attached hydrogen (secondary N) is 1. The van der Waals surface area contributed by atoms with Gasteiger partial charge in [0.15, 0.2) is 0 Å². The Bertz CT molecular complexity index is 718. The maximum Gasteiger partial charge on any atom is 0.312 e. The number of hydrogen-bond acceptors (Lipinski definition) is 3. The highest BCUT2D eigenvalue weighted by molar-refractivity contribution is 5.81. The Morgan fingerprint density at radius 3 is 2.38 bits per heavy atom. The van der Waals surface area contributed by atoms with Gasteiger partial charge in [0, 0.05) is 12.5 Å². The fourth-order valence-corrected chi connectivity index (χ4v) is 2.42. The number of carbonyl (C=O) groups is 2. The van der Waals surface area contributed by atoms with Gasteiger partial charge in [-0.1, -0.05) is 37.3 Å². The molecule has 0 aromatic heterocycles. The van der Waals surface area contributed by atoms with Crippen LogP contribution in [0.5, 0.6) is 5.75 Å². The van der Waals surface area contributed by atoms with Crippen LogP contribution < -0.4 is 10.1 Å². The Hall–Kier alpha value is -2.89. The zero-order chi connectivity index (χ0) is 18.9. The monoisotopic (exact) mass is 359 g/mol. The minimum Gasteiger partial charge on any atom is -0.494 e. The first-order valence-electron chi connectivity index (χ1n) is 8.41. The first-order chi connectivity index (χ1) is 12.5. The van der Waals surface area contributed by atoms with Gasteiger partial charge in [-0.25, -0.2) is 4.39 Å². The lowest BCUT2D eigenvalue weighted by Gasteiger charge is -2.17. The van der Waals surface area contributed by atoms with Crippen LogP contribution >= 0.6 is 0 Å². The highest BCUT2D eigenvalue weighted by Gasteiger charge is 2.22. The molecule has 6 heteroatoms. The third kappa shape index (κ3) is 5.88. The summed E-state index contributed by atoms with van der Waals surface area (Å²) >= 11 is 0. The second kappa shape index (κ2) is 9.56. The van der Waals surface area contributed by atoms with Crippen LogP contribution in [0.4, 0.5) is 4.39 Å². The third-order valence-corrected chi connectivity index (χ3v) is 4.06. The number of amides is 1. The van der Waals surface area contributed by atoms with E-state index in [-0.39, 0.29) is 18.4 Å². The molecule has 0 bridgehead atoms. The van der Waals surface area contributed by atoms with Crippen LogP contribution in [-0.4, -0.2) is 30.1 Å². The molecule has 1 amide bonds. The van der Waals surface area contributed by atoms with Crippen LogP contribution in [0, 0.1) is 11.7 Å². The molecule has 0 spiro atoms. The Morgan fingerprint density at radius 2 is 1.77 bits per heavy atom. The van der Waals surface area contributed by atoms with Gasteiger partial charge in [-0.2, -0.15) is 0 Å². The summed E-state index contributed by atoms with van der Waals surface area (Å²) in [6.45, 7) is 2.10. The number of rotatable bonds is 9. The highest BCUT2D eigenvalue weighted by atomic mass is 19.1. The molecule has 0 heterocycles. The van der Waals surface area contributed by atoms with Crippen molar-refractivity contribution in [3.8, 4) is 5.75 Å². The third-order valence-electron chi connectivity index (χ3n) is 4.06. The number of halogens is 1. The Balaban J connectivity index is 1.81. The number of hydrogen-bond donors (Lipinski definition) is 2. The largest absolute Gasteiger partial charge is 0.494 e. The number of benzene rings is 2. The van der Waals surface area contributed by atoms with Crippen LogP contribution in [0.2, 0.25) is 0 Å². The molecule has 0 aliphatic heterocycles. The summed E-state index contributed by atoms with van der Waals surface area (Å²) < 4.78 is 18.5. The molecule has 138 valence electrons. The summed E-state index contributed by atoms with van der Waals surface area (Å²) in [7, 11) is 0. The van der Waals surface area contributed by atoms with E-state index < -0.39 is 17.7 Å². The molecule has 26 heavy (non-hydrogen) atoms. The quantitative estimate of drug-likeness (QED) is 0.721. The first-order valence-corrected chi connectivity index (χ1v) is 8.41. The zero-order valence-corrected chi connectivity index (χ0v) is 14.5. The minimum absolute atomic E-state index is 0.0519. The molecule has 0 saturated heterocycles. The van der Waals surface area contributed by atoms with Crippen molar-refractivity contribution in [1.29, 1.82) is 0 Å². The van der Waals surface area contributed by atoms with E-state index in [0.717, 1.165) is 5.75 Å². The van der Waals surface area contributed by atoms with Crippen molar-refractivity contribution < 1.29 is 23.8 Å². The summed E-state index contributed by atoms with van der Waals surface area (Å²) in [5.41, 5.74) is 0.444. The molecule has 2 N–H and O–H groups in total. The lowest BCUT2D eigenvalue weighted by Crippen LogP contribution is -2.35. The van der Waals surface area contributed by atoms with Gasteiger partial charge in [-0.05, 0) is 36.2 Å². The average Bonchev–Trinajstić information content (AvgIpc) is 2.63. The number of para-hydroxylation sites is 1. The normalized spacial score (nSPS) is 12.8. The molecule has 0 radical (unpaired) electrons. The molecular weight excluding hydrogens is 337 g/mol. The van der Waals surface area contributed by atoms with E-state index in [9.17, 15) is 19.1 Å². The average molecular weight is 359 g/mol. The predicted octanol–water partition coefficient (Wildman–Crippen LogP) is 3.22. The van der Waals surface area contributed by atoms with Gasteiger partial charge >= 0.3 is 5.97 Å². The van der Waals surface area contributed by atoms with E-state index >= 15 is 0 Å². The van der Waals surface area contributed by atoms with E-state index in [4.69, 9.17) is 4.74 Å². The van der Waals surface area contributed by atoms with Gasteiger partial charge in [-0.3, -0.25) is 9.59 Å². The molecule has 2 atom stereocenters. The van der Waals surface area contributed by atoms with Gasteiger partial charge in [-0.15, -0.1) is 0 Å². The summed E-state index contributed by atoms with van der Waals surface area (Å²) in [6.07, 6.45) is 0.509. The minimum atomic E-state index is -1.07. The van der Waals surface area contributed by atoms with Crippen LogP contribution in [0.3, 0.4) is 0 Å². The van der Waals surface area contributed by atoms with Crippen LogP contribution in [-0.2, 0) is 9.59 Å². The van der Waals surface area contributed by atoms with Crippen molar-refractivity contribution in [2.24, 2.45) is 5.92 Å².